The van der Waals surface area contributed by atoms with Crippen molar-refractivity contribution in [3.63, 3.8) is 0 Å². The highest BCUT2D eigenvalue weighted by Gasteiger charge is 2.43. The van der Waals surface area contributed by atoms with Crippen LogP contribution in [0.4, 0.5) is 5.69 Å². The number of likely N-dealkylation sites (tertiary alicyclic amines) is 1. The Labute approximate surface area is 188 Å². The number of carbonyl (C=O) groups is 2. The van der Waals surface area contributed by atoms with Crippen LogP contribution in [0.15, 0.2) is 42.5 Å². The molecule has 0 bridgehead atoms. The molecule has 2 atom stereocenters. The molecule has 2 aromatic carbocycles. The fourth-order valence-electron chi connectivity index (χ4n) is 4.79. The molecule has 2 fully saturated rings. The van der Waals surface area contributed by atoms with Crippen molar-refractivity contribution in [3.05, 3.63) is 48.0 Å². The Kier molecular flexibility index (Phi) is 6.53. The van der Waals surface area contributed by atoms with E-state index in [0.717, 1.165) is 37.2 Å². The zero-order valence-corrected chi connectivity index (χ0v) is 18.9. The van der Waals surface area contributed by atoms with Crippen molar-refractivity contribution >= 4 is 17.5 Å². The number of amides is 2. The van der Waals surface area contributed by atoms with E-state index in [9.17, 15) is 9.59 Å². The van der Waals surface area contributed by atoms with Crippen molar-refractivity contribution in [2.75, 3.05) is 39.3 Å². The second kappa shape index (κ2) is 9.51. The van der Waals surface area contributed by atoms with Crippen molar-refractivity contribution in [3.8, 4) is 17.2 Å². The van der Waals surface area contributed by atoms with Gasteiger partial charge in [0.05, 0.1) is 33.3 Å². The molecule has 0 N–H and O–H groups in total. The summed E-state index contributed by atoms with van der Waals surface area (Å²) in [5.74, 6) is 1.69. The molecule has 2 heterocycles. The molecular formula is C25H30N2O5. The average Bonchev–Trinajstić information content (AvgIpc) is 3.38. The Morgan fingerprint density at radius 2 is 1.59 bits per heavy atom. The third kappa shape index (κ3) is 4.11. The first-order chi connectivity index (χ1) is 15.6. The van der Waals surface area contributed by atoms with E-state index in [2.05, 4.69) is 0 Å². The van der Waals surface area contributed by atoms with E-state index in [1.165, 1.54) is 0 Å². The molecule has 2 aliphatic heterocycles. The summed E-state index contributed by atoms with van der Waals surface area (Å²) in [5.41, 5.74) is 1.60. The molecule has 2 amide bonds. The van der Waals surface area contributed by atoms with Crippen LogP contribution in [0.3, 0.4) is 0 Å². The Balaban J connectivity index is 1.80. The monoisotopic (exact) mass is 438 g/mol. The highest BCUT2D eigenvalue weighted by Crippen LogP contribution is 2.43. The van der Waals surface area contributed by atoms with Crippen molar-refractivity contribution < 1.29 is 23.8 Å². The molecule has 2 saturated heterocycles. The summed E-state index contributed by atoms with van der Waals surface area (Å²) in [6.45, 7) is 1.56. The molecule has 32 heavy (non-hydrogen) atoms. The second-order valence-corrected chi connectivity index (χ2v) is 8.20. The van der Waals surface area contributed by atoms with E-state index in [1.807, 2.05) is 47.4 Å². The van der Waals surface area contributed by atoms with Gasteiger partial charge in [-0.15, -0.1) is 0 Å². The van der Waals surface area contributed by atoms with Crippen LogP contribution < -0.4 is 19.1 Å². The Morgan fingerprint density at radius 1 is 0.906 bits per heavy atom. The molecule has 170 valence electrons. The second-order valence-electron chi connectivity index (χ2n) is 8.20. The highest BCUT2D eigenvalue weighted by atomic mass is 16.5. The van der Waals surface area contributed by atoms with Crippen LogP contribution in [-0.4, -0.2) is 51.1 Å². The zero-order valence-electron chi connectivity index (χ0n) is 18.9. The standard InChI is InChI=1S/C25H30N2O5/c1-30-19-9-7-18(8-10-19)27-23(28)13-11-20(25(29)26-14-4-5-15-26)24(27)17-6-12-21(31-2)22(16-17)32-3/h6-10,12,16,20,24H,4-5,11,13-15H2,1-3H3/t20-,24-/m0/s1. The zero-order chi connectivity index (χ0) is 22.7. The SMILES string of the molecule is COc1ccc(N2C(=O)CC[C@H](C(=O)N3CCCC3)[C@@H]2c2ccc(OC)c(OC)c2)cc1. The minimum absolute atomic E-state index is 0.000392. The highest BCUT2D eigenvalue weighted by molar-refractivity contribution is 5.97. The molecule has 0 saturated carbocycles. The van der Waals surface area contributed by atoms with E-state index in [0.29, 0.717) is 30.1 Å². The number of nitrogens with zero attached hydrogens (tertiary/aromatic N) is 2. The number of piperidine rings is 1. The number of carbonyl (C=O) groups excluding carboxylic acids is 2. The third-order valence-electron chi connectivity index (χ3n) is 6.43. The van der Waals surface area contributed by atoms with Gasteiger partial charge in [-0.3, -0.25) is 9.59 Å². The maximum Gasteiger partial charge on any atom is 0.228 e. The number of anilines is 1. The lowest BCUT2D eigenvalue weighted by molar-refractivity contribution is -0.137. The molecule has 2 aliphatic rings. The Bertz CT molecular complexity index is 969. The molecule has 0 spiro atoms. The fourth-order valence-corrected chi connectivity index (χ4v) is 4.79. The topological polar surface area (TPSA) is 68.3 Å². The maximum absolute atomic E-state index is 13.6. The summed E-state index contributed by atoms with van der Waals surface area (Å²) in [5, 5.41) is 0. The first kappa shape index (κ1) is 22.0. The summed E-state index contributed by atoms with van der Waals surface area (Å²) >= 11 is 0. The lowest BCUT2D eigenvalue weighted by atomic mass is 9.82. The Morgan fingerprint density at radius 3 is 2.22 bits per heavy atom. The largest absolute Gasteiger partial charge is 0.497 e. The first-order valence-corrected chi connectivity index (χ1v) is 11.0. The minimum atomic E-state index is -0.433. The molecule has 2 aromatic rings. The van der Waals surface area contributed by atoms with Gasteiger partial charge in [-0.25, -0.2) is 0 Å². The van der Waals surface area contributed by atoms with Gasteiger partial charge in [-0.1, -0.05) is 6.07 Å². The molecular weight excluding hydrogens is 408 g/mol. The summed E-state index contributed by atoms with van der Waals surface area (Å²) in [6, 6.07) is 12.6. The number of benzene rings is 2. The van der Waals surface area contributed by atoms with Crippen LogP contribution in [-0.2, 0) is 9.59 Å². The van der Waals surface area contributed by atoms with Gasteiger partial charge in [0, 0.05) is 25.2 Å². The summed E-state index contributed by atoms with van der Waals surface area (Å²) in [7, 11) is 4.78. The fraction of sp³-hybridized carbons (Fsp3) is 0.440. The summed E-state index contributed by atoms with van der Waals surface area (Å²) < 4.78 is 16.2. The van der Waals surface area contributed by atoms with Gasteiger partial charge in [0.2, 0.25) is 11.8 Å². The smallest absolute Gasteiger partial charge is 0.228 e. The van der Waals surface area contributed by atoms with Gasteiger partial charge < -0.3 is 24.0 Å². The molecule has 0 aromatic heterocycles. The number of rotatable bonds is 6. The normalized spacial score (nSPS) is 20.9. The van der Waals surface area contributed by atoms with Gasteiger partial charge in [0.1, 0.15) is 5.75 Å². The molecule has 0 aliphatic carbocycles. The van der Waals surface area contributed by atoms with Crippen LogP contribution >= 0.6 is 0 Å². The van der Waals surface area contributed by atoms with Crippen LogP contribution in [0.1, 0.15) is 37.3 Å². The number of methoxy groups -OCH3 is 3. The van der Waals surface area contributed by atoms with Crippen molar-refractivity contribution in [2.24, 2.45) is 5.92 Å². The number of ether oxygens (including phenoxy) is 3. The van der Waals surface area contributed by atoms with E-state index < -0.39 is 6.04 Å². The van der Waals surface area contributed by atoms with Crippen LogP contribution in [0.2, 0.25) is 0 Å². The van der Waals surface area contributed by atoms with Gasteiger partial charge in [-0.2, -0.15) is 0 Å². The maximum atomic E-state index is 13.6. The predicted molar refractivity (Wildman–Crippen MR) is 121 cm³/mol. The lowest BCUT2D eigenvalue weighted by Crippen LogP contribution is -2.48. The summed E-state index contributed by atoms with van der Waals surface area (Å²) in [6.07, 6.45) is 2.92. The van der Waals surface area contributed by atoms with Gasteiger partial charge in [0.15, 0.2) is 11.5 Å². The molecule has 7 heteroatoms. The van der Waals surface area contributed by atoms with E-state index in [1.54, 1.807) is 26.2 Å². The predicted octanol–water partition coefficient (Wildman–Crippen LogP) is 3.82. The quantitative estimate of drug-likeness (QED) is 0.686. The van der Waals surface area contributed by atoms with E-state index in [-0.39, 0.29) is 17.7 Å². The van der Waals surface area contributed by atoms with Crippen molar-refractivity contribution in [1.29, 1.82) is 0 Å². The molecule has 4 rings (SSSR count). The van der Waals surface area contributed by atoms with E-state index in [4.69, 9.17) is 14.2 Å². The first-order valence-electron chi connectivity index (χ1n) is 11.0. The Hall–Kier alpha value is -3.22. The molecule has 7 nitrogen and oxygen atoms in total. The van der Waals surface area contributed by atoms with Gasteiger partial charge in [-0.05, 0) is 61.2 Å². The van der Waals surface area contributed by atoms with Crippen molar-refractivity contribution in [2.45, 2.75) is 31.7 Å². The van der Waals surface area contributed by atoms with Crippen molar-refractivity contribution in [1.82, 2.24) is 4.90 Å². The number of hydrogen-bond donors (Lipinski definition) is 0. The van der Waals surface area contributed by atoms with Crippen LogP contribution in [0.5, 0.6) is 17.2 Å². The molecule has 0 unspecified atom stereocenters. The van der Waals surface area contributed by atoms with Crippen LogP contribution in [0.25, 0.3) is 0 Å². The lowest BCUT2D eigenvalue weighted by Gasteiger charge is -2.42. The van der Waals surface area contributed by atoms with E-state index >= 15 is 0 Å². The number of hydrogen-bond acceptors (Lipinski definition) is 5. The minimum Gasteiger partial charge on any atom is -0.497 e. The van der Waals surface area contributed by atoms with Crippen LogP contribution in [0, 0.1) is 5.92 Å². The average molecular weight is 439 g/mol. The van der Waals surface area contributed by atoms with Gasteiger partial charge >= 0.3 is 0 Å². The third-order valence-corrected chi connectivity index (χ3v) is 6.43. The summed E-state index contributed by atoms with van der Waals surface area (Å²) in [4.78, 5) is 30.5. The molecule has 0 radical (unpaired) electrons. The van der Waals surface area contributed by atoms with Gasteiger partial charge in [0.25, 0.3) is 0 Å².